The Kier molecular flexibility index (Phi) is 3.95. The van der Waals surface area contributed by atoms with Gasteiger partial charge in [-0.15, -0.1) is 0 Å². The van der Waals surface area contributed by atoms with Gasteiger partial charge in [0.05, 0.1) is 0 Å². The van der Waals surface area contributed by atoms with Crippen LogP contribution in [0, 0.1) is 5.92 Å². The zero-order valence-electron chi connectivity index (χ0n) is 10.0. The average molecular weight is 283 g/mol. The topological polar surface area (TPSA) is 25.8 Å². The van der Waals surface area contributed by atoms with Crippen LogP contribution in [0.4, 0.5) is 0 Å². The van der Waals surface area contributed by atoms with Gasteiger partial charge in [-0.3, -0.25) is 0 Å². The van der Waals surface area contributed by atoms with Gasteiger partial charge in [0.15, 0.2) is 0 Å². The Hall–Kier alpha value is -0.440. The summed E-state index contributed by atoms with van der Waals surface area (Å²) in [6.45, 7) is 4.49. The van der Waals surface area contributed by atoms with Crippen molar-refractivity contribution in [1.29, 1.82) is 0 Å². The summed E-state index contributed by atoms with van der Waals surface area (Å²) >= 11 is 3.75. The molecular weight excluding hydrogens is 264 g/mol. The molecule has 2 rings (SSSR count). The molecule has 0 amide bonds. The van der Waals surface area contributed by atoms with E-state index in [4.69, 9.17) is 0 Å². The second-order valence-corrected chi connectivity index (χ2v) is 6.09. The molecule has 0 N–H and O–H groups in total. The van der Waals surface area contributed by atoms with Crippen LogP contribution >= 0.6 is 15.9 Å². The molecule has 1 aliphatic rings. The fourth-order valence-electron chi connectivity index (χ4n) is 2.19. The van der Waals surface area contributed by atoms with Crippen molar-refractivity contribution in [3.8, 4) is 0 Å². The standard InChI is InChI=1S/C13H19BrN2/c1-9(2)11(14)7-13-10-5-3-4-6-12(10)15-8-16-13/h8-9,11H,3-7H2,1-2H3. The fraction of sp³-hybridized carbons (Fsp3) is 0.692. The summed E-state index contributed by atoms with van der Waals surface area (Å²) in [6.07, 6.45) is 7.65. The van der Waals surface area contributed by atoms with Crippen LogP contribution in [0.25, 0.3) is 0 Å². The van der Waals surface area contributed by atoms with Crippen LogP contribution in [0.15, 0.2) is 6.33 Å². The highest BCUT2D eigenvalue weighted by Gasteiger charge is 2.18. The Balaban J connectivity index is 2.20. The molecule has 0 aromatic carbocycles. The lowest BCUT2D eigenvalue weighted by Gasteiger charge is -2.20. The molecule has 0 saturated heterocycles. The predicted octanol–water partition coefficient (Wildman–Crippen LogP) is 3.32. The molecule has 1 aromatic rings. The molecule has 16 heavy (non-hydrogen) atoms. The molecule has 88 valence electrons. The first-order chi connectivity index (χ1) is 7.68. The van der Waals surface area contributed by atoms with E-state index in [0.29, 0.717) is 10.7 Å². The van der Waals surface area contributed by atoms with Crippen LogP contribution in [-0.4, -0.2) is 14.8 Å². The number of fused-ring (bicyclic) bond motifs is 1. The maximum atomic E-state index is 4.47. The highest BCUT2D eigenvalue weighted by atomic mass is 79.9. The first-order valence-electron chi connectivity index (χ1n) is 6.14. The molecular formula is C13H19BrN2. The summed E-state index contributed by atoms with van der Waals surface area (Å²) in [5, 5.41) is 0. The van der Waals surface area contributed by atoms with E-state index in [2.05, 4.69) is 39.7 Å². The van der Waals surface area contributed by atoms with Gasteiger partial charge in [0.1, 0.15) is 6.33 Å². The van der Waals surface area contributed by atoms with Crippen molar-refractivity contribution >= 4 is 15.9 Å². The van der Waals surface area contributed by atoms with Gasteiger partial charge in [-0.05, 0) is 37.2 Å². The predicted molar refractivity (Wildman–Crippen MR) is 69.9 cm³/mol. The maximum absolute atomic E-state index is 4.47. The van der Waals surface area contributed by atoms with Crippen molar-refractivity contribution in [1.82, 2.24) is 9.97 Å². The minimum Gasteiger partial charge on any atom is -0.241 e. The summed E-state index contributed by atoms with van der Waals surface area (Å²) in [5.41, 5.74) is 3.99. The highest BCUT2D eigenvalue weighted by Crippen LogP contribution is 2.25. The smallest absolute Gasteiger partial charge is 0.115 e. The van der Waals surface area contributed by atoms with Gasteiger partial charge in [-0.1, -0.05) is 29.8 Å². The number of aromatic nitrogens is 2. The first-order valence-corrected chi connectivity index (χ1v) is 7.05. The molecule has 1 aliphatic carbocycles. The Bertz CT molecular complexity index is 363. The molecule has 0 bridgehead atoms. The molecule has 0 spiro atoms. The minimum absolute atomic E-state index is 0.522. The van der Waals surface area contributed by atoms with E-state index in [-0.39, 0.29) is 0 Å². The van der Waals surface area contributed by atoms with Crippen molar-refractivity contribution < 1.29 is 0 Å². The first kappa shape index (κ1) is 12.0. The molecule has 1 atom stereocenters. The van der Waals surface area contributed by atoms with Gasteiger partial charge in [0.2, 0.25) is 0 Å². The van der Waals surface area contributed by atoms with Crippen LogP contribution in [-0.2, 0) is 19.3 Å². The van der Waals surface area contributed by atoms with Crippen molar-refractivity contribution in [3.05, 3.63) is 23.3 Å². The largest absolute Gasteiger partial charge is 0.241 e. The Morgan fingerprint density at radius 3 is 2.75 bits per heavy atom. The highest BCUT2D eigenvalue weighted by molar-refractivity contribution is 9.09. The number of halogens is 1. The summed E-state index contributed by atoms with van der Waals surface area (Å²) in [5.74, 6) is 0.647. The monoisotopic (exact) mass is 282 g/mol. The van der Waals surface area contributed by atoms with Crippen LogP contribution in [0.2, 0.25) is 0 Å². The second-order valence-electron chi connectivity index (χ2n) is 4.92. The molecule has 3 heteroatoms. The zero-order valence-corrected chi connectivity index (χ0v) is 11.6. The van der Waals surface area contributed by atoms with Crippen LogP contribution < -0.4 is 0 Å². The summed E-state index contributed by atoms with van der Waals surface area (Å²) in [7, 11) is 0. The minimum atomic E-state index is 0.522. The summed E-state index contributed by atoms with van der Waals surface area (Å²) in [6, 6.07) is 0. The number of hydrogen-bond donors (Lipinski definition) is 0. The number of hydrogen-bond acceptors (Lipinski definition) is 2. The van der Waals surface area contributed by atoms with Crippen LogP contribution in [0.1, 0.15) is 43.6 Å². The van der Waals surface area contributed by atoms with Gasteiger partial charge in [0, 0.05) is 22.6 Å². The Morgan fingerprint density at radius 1 is 1.25 bits per heavy atom. The second kappa shape index (κ2) is 5.26. The number of nitrogens with zero attached hydrogens (tertiary/aromatic N) is 2. The Morgan fingerprint density at radius 2 is 2.00 bits per heavy atom. The van der Waals surface area contributed by atoms with Crippen molar-refractivity contribution in [2.75, 3.05) is 0 Å². The van der Waals surface area contributed by atoms with E-state index in [0.717, 1.165) is 12.8 Å². The fourth-order valence-corrected chi connectivity index (χ4v) is 2.49. The third kappa shape index (κ3) is 2.62. The lowest BCUT2D eigenvalue weighted by molar-refractivity contribution is 0.592. The van der Waals surface area contributed by atoms with E-state index in [1.165, 1.54) is 36.2 Å². The maximum Gasteiger partial charge on any atom is 0.115 e. The molecule has 1 unspecified atom stereocenters. The Labute approximate surface area is 106 Å². The van der Waals surface area contributed by atoms with Gasteiger partial charge in [-0.2, -0.15) is 0 Å². The zero-order chi connectivity index (χ0) is 11.5. The number of rotatable bonds is 3. The van der Waals surface area contributed by atoms with Gasteiger partial charge in [-0.25, -0.2) is 9.97 Å². The number of aryl methyl sites for hydroxylation is 1. The summed E-state index contributed by atoms with van der Waals surface area (Å²) < 4.78 is 0. The van der Waals surface area contributed by atoms with Crippen molar-refractivity contribution in [3.63, 3.8) is 0 Å². The number of alkyl halides is 1. The molecule has 0 aliphatic heterocycles. The van der Waals surface area contributed by atoms with Crippen LogP contribution in [0.3, 0.4) is 0 Å². The van der Waals surface area contributed by atoms with E-state index in [9.17, 15) is 0 Å². The third-order valence-corrected chi connectivity index (χ3v) is 4.71. The molecule has 0 saturated carbocycles. The molecule has 0 radical (unpaired) electrons. The third-order valence-electron chi connectivity index (χ3n) is 3.33. The van der Waals surface area contributed by atoms with Crippen molar-refractivity contribution in [2.45, 2.75) is 50.8 Å². The normalized spacial score (nSPS) is 17.2. The quantitative estimate of drug-likeness (QED) is 0.795. The van der Waals surface area contributed by atoms with Gasteiger partial charge >= 0.3 is 0 Å². The molecule has 0 fully saturated rings. The SMILES string of the molecule is CC(C)C(Br)Cc1ncnc2c1CCCC2. The summed E-state index contributed by atoms with van der Waals surface area (Å²) in [4.78, 5) is 9.40. The van der Waals surface area contributed by atoms with Gasteiger partial charge in [0.25, 0.3) is 0 Å². The molecule has 2 nitrogen and oxygen atoms in total. The molecule has 1 aromatic heterocycles. The van der Waals surface area contributed by atoms with Gasteiger partial charge < -0.3 is 0 Å². The van der Waals surface area contributed by atoms with Crippen molar-refractivity contribution in [2.24, 2.45) is 5.92 Å². The van der Waals surface area contributed by atoms with E-state index in [1.807, 2.05) is 0 Å². The lowest BCUT2D eigenvalue weighted by atomic mass is 9.92. The van der Waals surface area contributed by atoms with Crippen LogP contribution in [0.5, 0.6) is 0 Å². The van der Waals surface area contributed by atoms with E-state index in [1.54, 1.807) is 6.33 Å². The lowest BCUT2D eigenvalue weighted by Crippen LogP contribution is -2.16. The van der Waals surface area contributed by atoms with E-state index >= 15 is 0 Å². The van der Waals surface area contributed by atoms with E-state index < -0.39 is 0 Å². The average Bonchev–Trinajstić information content (AvgIpc) is 2.29. The molecule has 1 heterocycles.